The number of hydrogen-bond acceptors (Lipinski definition) is 6. The van der Waals surface area contributed by atoms with Crippen molar-refractivity contribution >= 4 is 23.7 Å². The monoisotopic (exact) mass is 311 g/mol. The Kier molecular flexibility index (Phi) is 3.34. The molecule has 0 atom stereocenters. The first-order chi connectivity index (χ1) is 11.0. The van der Waals surface area contributed by atoms with E-state index in [4.69, 9.17) is 0 Å². The van der Waals surface area contributed by atoms with Crippen LogP contribution in [0.15, 0.2) is 47.6 Å². The number of carbonyl (C=O) groups is 2. The second-order valence-corrected chi connectivity index (χ2v) is 4.71. The lowest BCUT2D eigenvalue weighted by atomic mass is 10.1. The minimum Gasteiger partial charge on any atom is -0.507 e. The molecule has 1 N–H and O–H groups in total. The Morgan fingerprint density at radius 1 is 1.09 bits per heavy atom. The molecule has 0 radical (unpaired) electrons. The fourth-order valence-corrected chi connectivity index (χ4v) is 2.16. The molecule has 0 unspecified atom stereocenters. The van der Waals surface area contributed by atoms with Crippen molar-refractivity contribution in [3.05, 3.63) is 69.3 Å². The van der Waals surface area contributed by atoms with E-state index in [0.717, 1.165) is 24.4 Å². The van der Waals surface area contributed by atoms with Crippen LogP contribution in [0.2, 0.25) is 0 Å². The van der Waals surface area contributed by atoms with Gasteiger partial charge in [0, 0.05) is 17.7 Å². The summed E-state index contributed by atoms with van der Waals surface area (Å²) < 4.78 is 0. The molecule has 0 aromatic heterocycles. The van der Waals surface area contributed by atoms with Crippen molar-refractivity contribution in [3.8, 4) is 5.75 Å². The number of phenols is 1. The van der Waals surface area contributed by atoms with Crippen LogP contribution >= 0.6 is 0 Å². The normalized spacial score (nSPS) is 13.7. The van der Waals surface area contributed by atoms with Crippen LogP contribution < -0.4 is 0 Å². The number of imide groups is 1. The molecule has 0 saturated carbocycles. The summed E-state index contributed by atoms with van der Waals surface area (Å²) in [5.41, 5.74) is 0.248. The SMILES string of the molecule is O=C1c2ccccc2C(=O)N1/N=C\c1cc([N+](=O)[O-])ccc1O. The smallest absolute Gasteiger partial charge is 0.282 e. The van der Waals surface area contributed by atoms with E-state index in [9.17, 15) is 24.8 Å². The Bertz CT molecular complexity index is 840. The van der Waals surface area contributed by atoms with Gasteiger partial charge in [0.15, 0.2) is 0 Å². The minimum atomic E-state index is -0.626. The van der Waals surface area contributed by atoms with Gasteiger partial charge in [0.25, 0.3) is 17.5 Å². The summed E-state index contributed by atoms with van der Waals surface area (Å²) in [5.74, 6) is -1.44. The number of hydrogen-bond donors (Lipinski definition) is 1. The van der Waals surface area contributed by atoms with E-state index in [1.807, 2.05) is 0 Å². The quantitative estimate of drug-likeness (QED) is 0.403. The van der Waals surface area contributed by atoms with E-state index in [2.05, 4.69) is 5.10 Å². The highest BCUT2D eigenvalue weighted by Gasteiger charge is 2.35. The molecule has 2 aromatic carbocycles. The van der Waals surface area contributed by atoms with Gasteiger partial charge in [0.05, 0.1) is 22.3 Å². The molecule has 0 saturated heterocycles. The molecule has 0 aliphatic carbocycles. The summed E-state index contributed by atoms with van der Waals surface area (Å²) in [6, 6.07) is 9.65. The Morgan fingerprint density at radius 2 is 1.70 bits per heavy atom. The highest BCUT2D eigenvalue weighted by Crippen LogP contribution is 2.24. The minimum absolute atomic E-state index is 0.0238. The predicted octanol–water partition coefficient (Wildman–Crippen LogP) is 1.93. The number of nitrogens with zero attached hydrogens (tertiary/aromatic N) is 3. The molecule has 3 rings (SSSR count). The maximum Gasteiger partial charge on any atom is 0.282 e. The molecule has 1 aliphatic heterocycles. The molecule has 8 heteroatoms. The van der Waals surface area contributed by atoms with Crippen molar-refractivity contribution in [1.82, 2.24) is 5.01 Å². The number of carbonyl (C=O) groups excluding carboxylic acids is 2. The summed E-state index contributed by atoms with van der Waals surface area (Å²) in [6.45, 7) is 0. The van der Waals surface area contributed by atoms with E-state index in [1.54, 1.807) is 12.1 Å². The van der Waals surface area contributed by atoms with Crippen molar-refractivity contribution < 1.29 is 19.6 Å². The maximum absolute atomic E-state index is 12.1. The average molecular weight is 311 g/mol. The third-order valence-corrected chi connectivity index (χ3v) is 3.31. The van der Waals surface area contributed by atoms with E-state index < -0.39 is 16.7 Å². The van der Waals surface area contributed by atoms with Crippen LogP contribution in [-0.4, -0.2) is 33.1 Å². The summed E-state index contributed by atoms with van der Waals surface area (Å²) in [7, 11) is 0. The van der Waals surface area contributed by atoms with Gasteiger partial charge in [0.2, 0.25) is 0 Å². The molecule has 23 heavy (non-hydrogen) atoms. The number of nitro benzene ring substituents is 1. The van der Waals surface area contributed by atoms with Gasteiger partial charge in [-0.25, -0.2) is 0 Å². The van der Waals surface area contributed by atoms with Crippen LogP contribution in [0.3, 0.4) is 0 Å². The average Bonchev–Trinajstić information content (AvgIpc) is 2.78. The zero-order chi connectivity index (χ0) is 16.6. The summed E-state index contributed by atoms with van der Waals surface area (Å²) in [5, 5.41) is 24.8. The highest BCUT2D eigenvalue weighted by molar-refractivity contribution is 6.21. The molecule has 2 aromatic rings. The maximum atomic E-state index is 12.1. The zero-order valence-electron chi connectivity index (χ0n) is 11.5. The van der Waals surface area contributed by atoms with E-state index in [-0.39, 0.29) is 28.1 Å². The van der Waals surface area contributed by atoms with Crippen LogP contribution in [-0.2, 0) is 0 Å². The molecule has 0 spiro atoms. The first-order valence-corrected chi connectivity index (χ1v) is 6.48. The molecule has 1 heterocycles. The second-order valence-electron chi connectivity index (χ2n) is 4.71. The summed E-state index contributed by atoms with van der Waals surface area (Å²) in [6.07, 6.45) is 1.03. The van der Waals surface area contributed by atoms with Gasteiger partial charge in [-0.05, 0) is 18.2 Å². The Labute approximate surface area is 129 Å². The van der Waals surface area contributed by atoms with E-state index >= 15 is 0 Å². The fraction of sp³-hybridized carbons (Fsp3) is 0. The number of nitro groups is 1. The number of rotatable bonds is 3. The molecule has 114 valence electrons. The van der Waals surface area contributed by atoms with E-state index in [1.165, 1.54) is 12.1 Å². The van der Waals surface area contributed by atoms with Crippen molar-refractivity contribution in [2.24, 2.45) is 5.10 Å². The van der Waals surface area contributed by atoms with Crippen LogP contribution in [0.1, 0.15) is 26.3 Å². The Balaban J connectivity index is 1.93. The zero-order valence-corrected chi connectivity index (χ0v) is 11.5. The predicted molar refractivity (Wildman–Crippen MR) is 79.3 cm³/mol. The third kappa shape index (κ3) is 2.42. The van der Waals surface area contributed by atoms with Gasteiger partial charge in [-0.1, -0.05) is 12.1 Å². The lowest BCUT2D eigenvalue weighted by molar-refractivity contribution is -0.384. The van der Waals surface area contributed by atoms with Crippen LogP contribution in [0.4, 0.5) is 5.69 Å². The van der Waals surface area contributed by atoms with Gasteiger partial charge in [0.1, 0.15) is 5.75 Å². The second kappa shape index (κ2) is 5.34. The third-order valence-electron chi connectivity index (χ3n) is 3.31. The highest BCUT2D eigenvalue weighted by atomic mass is 16.6. The molecular weight excluding hydrogens is 302 g/mol. The molecule has 0 bridgehead atoms. The van der Waals surface area contributed by atoms with Gasteiger partial charge in [-0.3, -0.25) is 19.7 Å². The van der Waals surface area contributed by atoms with Crippen LogP contribution in [0.5, 0.6) is 5.75 Å². The largest absolute Gasteiger partial charge is 0.507 e. The number of fused-ring (bicyclic) bond motifs is 1. The number of hydrazone groups is 1. The van der Waals surface area contributed by atoms with Crippen molar-refractivity contribution in [2.45, 2.75) is 0 Å². The van der Waals surface area contributed by atoms with Gasteiger partial charge in [-0.15, -0.1) is 0 Å². The van der Waals surface area contributed by atoms with Gasteiger partial charge < -0.3 is 5.11 Å². The lowest BCUT2D eigenvalue weighted by Gasteiger charge is -2.06. The summed E-state index contributed by atoms with van der Waals surface area (Å²) >= 11 is 0. The number of amides is 2. The molecule has 1 aliphatic rings. The van der Waals surface area contributed by atoms with E-state index in [0.29, 0.717) is 5.01 Å². The van der Waals surface area contributed by atoms with Gasteiger partial charge >= 0.3 is 0 Å². The standard InChI is InChI=1S/C15H9N3O5/c19-13-6-5-10(18(22)23)7-9(13)8-16-17-14(20)11-3-1-2-4-12(11)15(17)21/h1-8,19H/b16-8-. The number of aromatic hydroxyl groups is 1. The number of non-ortho nitro benzene ring substituents is 1. The van der Waals surface area contributed by atoms with Crippen molar-refractivity contribution in [1.29, 1.82) is 0 Å². The number of benzene rings is 2. The molecule has 8 nitrogen and oxygen atoms in total. The topological polar surface area (TPSA) is 113 Å². The number of phenolic OH excluding ortho intramolecular Hbond substituents is 1. The molecular formula is C15H9N3O5. The first kappa shape index (κ1) is 14.4. The Hall–Kier alpha value is -3.55. The van der Waals surface area contributed by atoms with Gasteiger partial charge in [-0.2, -0.15) is 10.1 Å². The van der Waals surface area contributed by atoms with Crippen molar-refractivity contribution in [3.63, 3.8) is 0 Å². The van der Waals surface area contributed by atoms with Crippen LogP contribution in [0, 0.1) is 10.1 Å². The van der Waals surface area contributed by atoms with Crippen LogP contribution in [0.25, 0.3) is 0 Å². The summed E-state index contributed by atoms with van der Waals surface area (Å²) in [4.78, 5) is 34.3. The molecule has 2 amide bonds. The molecule has 0 fully saturated rings. The fourth-order valence-electron chi connectivity index (χ4n) is 2.16. The van der Waals surface area contributed by atoms with Crippen molar-refractivity contribution in [2.75, 3.05) is 0 Å². The Morgan fingerprint density at radius 3 is 2.26 bits per heavy atom. The first-order valence-electron chi connectivity index (χ1n) is 6.48. The lowest BCUT2D eigenvalue weighted by Crippen LogP contribution is -2.24.